The largest absolute Gasteiger partial charge is 0.347 e. The minimum absolute atomic E-state index is 0.102. The van der Waals surface area contributed by atoms with E-state index in [0.29, 0.717) is 0 Å². The lowest BCUT2D eigenvalue weighted by Crippen LogP contribution is -2.06. The Kier molecular flexibility index (Phi) is 1.49. The van der Waals surface area contributed by atoms with E-state index in [9.17, 15) is 4.39 Å². The standard InChI is InChI=1S/C12H12FN/c1-8-7-14-4-2-3-9-5-10(13)6-11(8)12(9)14/h5-7H,2-4H2,1H3. The van der Waals surface area contributed by atoms with Crippen LogP contribution in [0.2, 0.25) is 0 Å². The minimum Gasteiger partial charge on any atom is -0.347 e. The van der Waals surface area contributed by atoms with Crippen LogP contribution in [0, 0.1) is 12.7 Å². The van der Waals surface area contributed by atoms with Crippen LogP contribution in [0.1, 0.15) is 17.5 Å². The van der Waals surface area contributed by atoms with E-state index in [-0.39, 0.29) is 5.82 Å². The highest BCUT2D eigenvalue weighted by Gasteiger charge is 2.15. The Bertz CT molecular complexity index is 511. The van der Waals surface area contributed by atoms with Crippen molar-refractivity contribution in [1.29, 1.82) is 0 Å². The van der Waals surface area contributed by atoms with E-state index in [1.165, 1.54) is 16.6 Å². The zero-order valence-electron chi connectivity index (χ0n) is 8.18. The Balaban J connectivity index is 2.49. The molecule has 0 saturated heterocycles. The van der Waals surface area contributed by atoms with Crippen LogP contribution in [0.15, 0.2) is 18.3 Å². The van der Waals surface area contributed by atoms with Gasteiger partial charge in [0.1, 0.15) is 5.82 Å². The van der Waals surface area contributed by atoms with Gasteiger partial charge in [-0.25, -0.2) is 4.39 Å². The summed E-state index contributed by atoms with van der Waals surface area (Å²) in [6.45, 7) is 3.12. The summed E-state index contributed by atoms with van der Waals surface area (Å²) >= 11 is 0. The summed E-state index contributed by atoms with van der Waals surface area (Å²) < 4.78 is 15.5. The molecular formula is C12H12FN. The highest BCUT2D eigenvalue weighted by molar-refractivity contribution is 5.87. The summed E-state index contributed by atoms with van der Waals surface area (Å²) in [5.41, 5.74) is 3.59. The van der Waals surface area contributed by atoms with E-state index in [1.54, 1.807) is 12.1 Å². The second-order valence-corrected chi connectivity index (χ2v) is 4.07. The van der Waals surface area contributed by atoms with E-state index < -0.39 is 0 Å². The lowest BCUT2D eigenvalue weighted by Gasteiger charge is -2.15. The first-order valence-corrected chi connectivity index (χ1v) is 5.03. The molecule has 0 amide bonds. The van der Waals surface area contributed by atoms with Crippen LogP contribution < -0.4 is 0 Å². The first kappa shape index (κ1) is 8.04. The van der Waals surface area contributed by atoms with Crippen LogP contribution in [-0.2, 0) is 13.0 Å². The van der Waals surface area contributed by atoms with Gasteiger partial charge in [0.05, 0.1) is 5.52 Å². The number of aryl methyl sites for hydroxylation is 3. The molecule has 0 saturated carbocycles. The molecule has 0 radical (unpaired) electrons. The molecular weight excluding hydrogens is 177 g/mol. The van der Waals surface area contributed by atoms with E-state index in [2.05, 4.69) is 10.8 Å². The number of aromatic nitrogens is 1. The predicted octanol–water partition coefficient (Wildman–Crippen LogP) is 3.04. The number of halogens is 1. The maximum atomic E-state index is 13.3. The number of rotatable bonds is 0. The van der Waals surface area contributed by atoms with Crippen molar-refractivity contribution in [2.45, 2.75) is 26.3 Å². The molecule has 0 spiro atoms. The van der Waals surface area contributed by atoms with Crippen LogP contribution in [-0.4, -0.2) is 4.57 Å². The van der Waals surface area contributed by atoms with Crippen molar-refractivity contribution in [2.75, 3.05) is 0 Å². The molecule has 2 aromatic rings. The van der Waals surface area contributed by atoms with Gasteiger partial charge in [-0.3, -0.25) is 0 Å². The molecule has 1 aliphatic rings. The van der Waals surface area contributed by atoms with Gasteiger partial charge in [0.25, 0.3) is 0 Å². The van der Waals surface area contributed by atoms with Crippen LogP contribution >= 0.6 is 0 Å². The van der Waals surface area contributed by atoms with Crippen LogP contribution in [0.4, 0.5) is 4.39 Å². The minimum atomic E-state index is -0.102. The Labute approximate surface area is 82.2 Å². The van der Waals surface area contributed by atoms with Gasteiger partial charge in [-0.2, -0.15) is 0 Å². The molecule has 0 aliphatic carbocycles. The average molecular weight is 189 g/mol. The number of hydrogen-bond acceptors (Lipinski definition) is 0. The second-order valence-electron chi connectivity index (χ2n) is 4.07. The normalized spacial score (nSPS) is 15.0. The molecule has 2 heterocycles. The van der Waals surface area contributed by atoms with Crippen molar-refractivity contribution in [3.8, 4) is 0 Å². The van der Waals surface area contributed by atoms with Gasteiger partial charge in [0.2, 0.25) is 0 Å². The summed E-state index contributed by atoms with van der Waals surface area (Å²) in [5, 5.41) is 1.08. The van der Waals surface area contributed by atoms with Crippen molar-refractivity contribution in [3.05, 3.63) is 35.3 Å². The summed E-state index contributed by atoms with van der Waals surface area (Å²) in [4.78, 5) is 0. The van der Waals surface area contributed by atoms with E-state index in [4.69, 9.17) is 0 Å². The molecule has 1 aromatic heterocycles. The fraction of sp³-hybridized carbons (Fsp3) is 0.333. The molecule has 0 bridgehead atoms. The van der Waals surface area contributed by atoms with Crippen molar-refractivity contribution < 1.29 is 4.39 Å². The summed E-state index contributed by atoms with van der Waals surface area (Å²) in [7, 11) is 0. The molecule has 1 aliphatic heterocycles. The van der Waals surface area contributed by atoms with Crippen molar-refractivity contribution in [2.24, 2.45) is 0 Å². The molecule has 14 heavy (non-hydrogen) atoms. The topological polar surface area (TPSA) is 4.93 Å². The zero-order chi connectivity index (χ0) is 9.71. The fourth-order valence-corrected chi connectivity index (χ4v) is 2.47. The smallest absolute Gasteiger partial charge is 0.124 e. The van der Waals surface area contributed by atoms with Crippen molar-refractivity contribution in [1.82, 2.24) is 4.57 Å². The predicted molar refractivity (Wildman–Crippen MR) is 55.0 cm³/mol. The molecule has 2 heteroatoms. The van der Waals surface area contributed by atoms with E-state index in [0.717, 1.165) is 24.8 Å². The van der Waals surface area contributed by atoms with Gasteiger partial charge in [-0.1, -0.05) is 0 Å². The molecule has 0 unspecified atom stereocenters. The van der Waals surface area contributed by atoms with Gasteiger partial charge in [-0.15, -0.1) is 0 Å². The molecule has 0 atom stereocenters. The lowest BCUT2D eigenvalue weighted by atomic mass is 10.0. The van der Waals surface area contributed by atoms with Gasteiger partial charge < -0.3 is 4.57 Å². The Morgan fingerprint density at radius 1 is 1.36 bits per heavy atom. The van der Waals surface area contributed by atoms with E-state index in [1.807, 2.05) is 6.92 Å². The van der Waals surface area contributed by atoms with Gasteiger partial charge >= 0.3 is 0 Å². The molecule has 1 aromatic carbocycles. The fourth-order valence-electron chi connectivity index (χ4n) is 2.47. The lowest BCUT2D eigenvalue weighted by molar-refractivity contribution is 0.611. The quantitative estimate of drug-likeness (QED) is 0.600. The highest BCUT2D eigenvalue weighted by Crippen LogP contribution is 2.29. The monoisotopic (exact) mass is 189 g/mol. The van der Waals surface area contributed by atoms with Gasteiger partial charge in [-0.05, 0) is 43.0 Å². The van der Waals surface area contributed by atoms with Crippen molar-refractivity contribution >= 4 is 10.9 Å². The first-order valence-electron chi connectivity index (χ1n) is 5.03. The van der Waals surface area contributed by atoms with Gasteiger partial charge in [0.15, 0.2) is 0 Å². The average Bonchev–Trinajstić information content (AvgIpc) is 2.45. The third-order valence-electron chi connectivity index (χ3n) is 3.06. The van der Waals surface area contributed by atoms with E-state index >= 15 is 0 Å². The van der Waals surface area contributed by atoms with Crippen LogP contribution in [0.25, 0.3) is 10.9 Å². The third-order valence-corrected chi connectivity index (χ3v) is 3.06. The third kappa shape index (κ3) is 0.939. The van der Waals surface area contributed by atoms with Crippen molar-refractivity contribution in [3.63, 3.8) is 0 Å². The molecule has 0 N–H and O–H groups in total. The Hall–Kier alpha value is -1.31. The molecule has 3 rings (SSSR count). The second kappa shape index (κ2) is 2.59. The highest BCUT2D eigenvalue weighted by atomic mass is 19.1. The number of benzene rings is 1. The molecule has 72 valence electrons. The molecule has 0 fully saturated rings. The van der Waals surface area contributed by atoms with Gasteiger partial charge in [0, 0.05) is 18.1 Å². The summed E-state index contributed by atoms with van der Waals surface area (Å²) in [5.74, 6) is -0.102. The Morgan fingerprint density at radius 3 is 3.07 bits per heavy atom. The maximum Gasteiger partial charge on any atom is 0.124 e. The SMILES string of the molecule is Cc1cn2c3c(cc(F)cc13)CCC2. The number of hydrogen-bond donors (Lipinski definition) is 0. The first-order chi connectivity index (χ1) is 6.75. The summed E-state index contributed by atoms with van der Waals surface area (Å²) in [6.07, 6.45) is 4.27. The number of nitrogens with zero attached hydrogens (tertiary/aromatic N) is 1. The summed E-state index contributed by atoms with van der Waals surface area (Å²) in [6, 6.07) is 3.33. The van der Waals surface area contributed by atoms with Crippen LogP contribution in [0.3, 0.4) is 0 Å². The Morgan fingerprint density at radius 2 is 2.21 bits per heavy atom. The molecule has 1 nitrogen and oxygen atoms in total. The maximum absolute atomic E-state index is 13.3. The van der Waals surface area contributed by atoms with Crippen LogP contribution in [0.5, 0.6) is 0 Å². The zero-order valence-corrected chi connectivity index (χ0v) is 8.18.